The summed E-state index contributed by atoms with van der Waals surface area (Å²) in [5.74, 6) is 0. The summed E-state index contributed by atoms with van der Waals surface area (Å²) < 4.78 is 1.26. The van der Waals surface area contributed by atoms with Gasteiger partial charge in [-0.2, -0.15) is 0 Å². The summed E-state index contributed by atoms with van der Waals surface area (Å²) in [6.07, 6.45) is 0. The maximum atomic E-state index is 2.34. The van der Waals surface area contributed by atoms with Crippen LogP contribution in [0.5, 0.6) is 0 Å². The van der Waals surface area contributed by atoms with Gasteiger partial charge in [-0.1, -0.05) is 91.0 Å². The monoisotopic (exact) mass is 432 g/mol. The summed E-state index contributed by atoms with van der Waals surface area (Å²) in [6.45, 7) is 0. The number of hydrogen-bond donors (Lipinski definition) is 0. The maximum absolute atomic E-state index is 2.34. The molecule has 0 radical (unpaired) electrons. The molecular weight excluding hydrogens is 415 g/mol. The molecule has 0 atom stereocenters. The molecule has 0 heterocycles. The highest BCUT2D eigenvalue weighted by Crippen LogP contribution is 2.27. The van der Waals surface area contributed by atoms with Crippen LogP contribution in [0.1, 0.15) is 0 Å². The van der Waals surface area contributed by atoms with E-state index in [1.54, 1.807) is 0 Å². The minimum atomic E-state index is 1.24. The van der Waals surface area contributed by atoms with Gasteiger partial charge < -0.3 is 0 Å². The third-order valence-electron chi connectivity index (χ3n) is 4.39. The standard InChI is InChI=1S/C24H17I/c25-24-16-14-23(15-17-24)22-12-10-21(11-13-22)20-8-6-19(7-9-20)18-4-2-1-3-5-18/h1-17H. The van der Waals surface area contributed by atoms with E-state index in [0.29, 0.717) is 0 Å². The van der Waals surface area contributed by atoms with Crippen LogP contribution in [-0.4, -0.2) is 0 Å². The fraction of sp³-hybridized carbons (Fsp3) is 0. The Balaban J connectivity index is 1.59. The SMILES string of the molecule is Ic1ccc(-c2ccc(-c3ccc(-c4ccccc4)cc3)cc2)cc1. The van der Waals surface area contributed by atoms with Gasteiger partial charge in [-0.25, -0.2) is 0 Å². The van der Waals surface area contributed by atoms with Crippen LogP contribution in [0.25, 0.3) is 33.4 Å². The lowest BCUT2D eigenvalue weighted by Crippen LogP contribution is -1.82. The van der Waals surface area contributed by atoms with E-state index in [2.05, 4.69) is 120 Å². The third-order valence-corrected chi connectivity index (χ3v) is 5.11. The Morgan fingerprint density at radius 1 is 0.320 bits per heavy atom. The minimum absolute atomic E-state index is 1.24. The molecule has 0 saturated heterocycles. The summed E-state index contributed by atoms with van der Waals surface area (Å²) >= 11 is 2.34. The Kier molecular flexibility index (Phi) is 4.66. The second-order valence-corrected chi connectivity index (χ2v) is 7.27. The van der Waals surface area contributed by atoms with E-state index in [4.69, 9.17) is 0 Å². The Labute approximate surface area is 162 Å². The molecule has 0 fully saturated rings. The first kappa shape index (κ1) is 16.1. The molecule has 0 amide bonds. The molecule has 4 rings (SSSR count). The van der Waals surface area contributed by atoms with E-state index >= 15 is 0 Å². The summed E-state index contributed by atoms with van der Waals surface area (Å²) in [5, 5.41) is 0. The van der Waals surface area contributed by atoms with Crippen molar-refractivity contribution in [2.24, 2.45) is 0 Å². The molecule has 0 unspecified atom stereocenters. The minimum Gasteiger partial charge on any atom is -0.0622 e. The van der Waals surface area contributed by atoms with Crippen LogP contribution in [0.15, 0.2) is 103 Å². The third kappa shape index (κ3) is 3.67. The molecule has 120 valence electrons. The maximum Gasteiger partial charge on any atom is 0.0130 e. The first-order valence-corrected chi connectivity index (χ1v) is 9.39. The average molecular weight is 432 g/mol. The van der Waals surface area contributed by atoms with Crippen LogP contribution in [0.4, 0.5) is 0 Å². The lowest BCUT2D eigenvalue weighted by atomic mass is 9.98. The van der Waals surface area contributed by atoms with E-state index in [9.17, 15) is 0 Å². The van der Waals surface area contributed by atoms with Gasteiger partial charge in [0.05, 0.1) is 0 Å². The lowest BCUT2D eigenvalue weighted by molar-refractivity contribution is 1.57. The molecule has 0 N–H and O–H groups in total. The molecule has 0 nitrogen and oxygen atoms in total. The van der Waals surface area contributed by atoms with E-state index in [1.807, 2.05) is 6.07 Å². The van der Waals surface area contributed by atoms with E-state index in [-0.39, 0.29) is 0 Å². The van der Waals surface area contributed by atoms with Crippen molar-refractivity contribution in [2.45, 2.75) is 0 Å². The van der Waals surface area contributed by atoms with Crippen molar-refractivity contribution in [3.8, 4) is 33.4 Å². The molecule has 1 heteroatoms. The first-order valence-electron chi connectivity index (χ1n) is 8.31. The Hall–Kier alpha value is -2.39. The Bertz CT molecular complexity index is 951. The number of benzene rings is 4. The summed E-state index contributed by atoms with van der Waals surface area (Å²) in [5.41, 5.74) is 7.50. The van der Waals surface area contributed by atoms with Crippen molar-refractivity contribution in [3.05, 3.63) is 107 Å². The van der Waals surface area contributed by atoms with Gasteiger partial charge in [0.25, 0.3) is 0 Å². The van der Waals surface area contributed by atoms with E-state index in [0.717, 1.165) is 0 Å². The van der Waals surface area contributed by atoms with Crippen molar-refractivity contribution in [3.63, 3.8) is 0 Å². The van der Waals surface area contributed by atoms with Gasteiger partial charge in [-0.15, -0.1) is 0 Å². The fourth-order valence-electron chi connectivity index (χ4n) is 2.98. The highest BCUT2D eigenvalue weighted by atomic mass is 127. The normalized spacial score (nSPS) is 10.6. The van der Waals surface area contributed by atoms with Gasteiger partial charge in [0, 0.05) is 3.57 Å². The van der Waals surface area contributed by atoms with Crippen LogP contribution in [0.3, 0.4) is 0 Å². The summed E-state index contributed by atoms with van der Waals surface area (Å²) in [4.78, 5) is 0. The Morgan fingerprint density at radius 2 is 0.600 bits per heavy atom. The van der Waals surface area contributed by atoms with Crippen LogP contribution in [0.2, 0.25) is 0 Å². The molecule has 0 aliphatic carbocycles. The van der Waals surface area contributed by atoms with Gasteiger partial charge in [0.1, 0.15) is 0 Å². The predicted molar refractivity (Wildman–Crippen MR) is 115 cm³/mol. The molecule has 0 saturated carbocycles. The van der Waals surface area contributed by atoms with Gasteiger partial charge in [-0.05, 0) is 68.1 Å². The summed E-state index contributed by atoms with van der Waals surface area (Å²) in [7, 11) is 0. The second-order valence-electron chi connectivity index (χ2n) is 6.03. The molecule has 25 heavy (non-hydrogen) atoms. The van der Waals surface area contributed by atoms with Crippen LogP contribution in [0, 0.1) is 3.57 Å². The van der Waals surface area contributed by atoms with Crippen molar-refractivity contribution in [2.75, 3.05) is 0 Å². The second kappa shape index (κ2) is 7.24. The molecule has 0 aliphatic rings. The summed E-state index contributed by atoms with van der Waals surface area (Å²) in [6, 6.07) is 36.7. The van der Waals surface area contributed by atoms with Crippen molar-refractivity contribution in [1.29, 1.82) is 0 Å². The topological polar surface area (TPSA) is 0 Å². The molecule has 4 aromatic rings. The van der Waals surface area contributed by atoms with Crippen molar-refractivity contribution >= 4 is 22.6 Å². The highest BCUT2D eigenvalue weighted by Gasteiger charge is 2.02. The lowest BCUT2D eigenvalue weighted by Gasteiger charge is -2.07. The first-order chi connectivity index (χ1) is 12.3. The molecular formula is C24H17I. The zero-order chi connectivity index (χ0) is 17.1. The quantitative estimate of drug-likeness (QED) is 0.298. The highest BCUT2D eigenvalue weighted by molar-refractivity contribution is 14.1. The molecule has 0 bridgehead atoms. The largest absolute Gasteiger partial charge is 0.0622 e. The zero-order valence-electron chi connectivity index (χ0n) is 13.7. The number of rotatable bonds is 3. The van der Waals surface area contributed by atoms with Crippen molar-refractivity contribution < 1.29 is 0 Å². The average Bonchev–Trinajstić information content (AvgIpc) is 2.70. The van der Waals surface area contributed by atoms with Crippen LogP contribution >= 0.6 is 22.6 Å². The van der Waals surface area contributed by atoms with Crippen molar-refractivity contribution in [1.82, 2.24) is 0 Å². The Morgan fingerprint density at radius 3 is 0.960 bits per heavy atom. The predicted octanol–water partition coefficient (Wildman–Crippen LogP) is 7.29. The molecule has 0 aliphatic heterocycles. The van der Waals surface area contributed by atoms with E-state index < -0.39 is 0 Å². The van der Waals surface area contributed by atoms with Gasteiger partial charge in [0.2, 0.25) is 0 Å². The molecule has 0 aromatic heterocycles. The van der Waals surface area contributed by atoms with Crippen LogP contribution in [-0.2, 0) is 0 Å². The van der Waals surface area contributed by atoms with Gasteiger partial charge >= 0.3 is 0 Å². The molecule has 4 aromatic carbocycles. The zero-order valence-corrected chi connectivity index (χ0v) is 15.9. The number of halogens is 1. The van der Waals surface area contributed by atoms with Crippen LogP contribution < -0.4 is 0 Å². The number of hydrogen-bond acceptors (Lipinski definition) is 0. The molecule has 0 spiro atoms. The van der Waals surface area contributed by atoms with Gasteiger partial charge in [-0.3, -0.25) is 0 Å². The van der Waals surface area contributed by atoms with Gasteiger partial charge in [0.15, 0.2) is 0 Å². The fourth-order valence-corrected chi connectivity index (χ4v) is 3.34. The van der Waals surface area contributed by atoms with E-state index in [1.165, 1.54) is 37.0 Å². The smallest absolute Gasteiger partial charge is 0.0130 e.